The molecule has 0 spiro atoms. The molecule has 1 aliphatic heterocycles. The normalized spacial score (nSPS) is 19.2. The van der Waals surface area contributed by atoms with Gasteiger partial charge >= 0.3 is 12.1 Å². The Balaban J connectivity index is 1.54. The van der Waals surface area contributed by atoms with Crippen molar-refractivity contribution in [1.29, 1.82) is 0 Å². The second-order valence-corrected chi connectivity index (χ2v) is 10.0. The van der Waals surface area contributed by atoms with Gasteiger partial charge in [-0.05, 0) is 56.3 Å². The predicted octanol–water partition coefficient (Wildman–Crippen LogP) is 3.09. The van der Waals surface area contributed by atoms with Crippen molar-refractivity contribution in [1.82, 2.24) is 9.62 Å². The Hall–Kier alpha value is -2.96. The van der Waals surface area contributed by atoms with Crippen LogP contribution in [0.2, 0.25) is 0 Å². The maximum atomic E-state index is 13.0. The fourth-order valence-electron chi connectivity index (χ4n) is 3.56. The molecule has 0 aliphatic carbocycles. The van der Waals surface area contributed by atoms with Crippen molar-refractivity contribution >= 4 is 21.9 Å². The summed E-state index contributed by atoms with van der Waals surface area (Å²) in [5, 5.41) is 2.51. The fraction of sp³-hybridized carbons (Fsp3) is 0.391. The van der Waals surface area contributed by atoms with Crippen LogP contribution in [-0.4, -0.2) is 63.0 Å². The van der Waals surface area contributed by atoms with Gasteiger partial charge in [-0.2, -0.15) is 17.5 Å². The summed E-state index contributed by atoms with van der Waals surface area (Å²) in [5.74, 6) is -1.41. The number of hydrogen-bond donors (Lipinski definition) is 1. The van der Waals surface area contributed by atoms with Crippen LogP contribution in [0.15, 0.2) is 53.4 Å². The van der Waals surface area contributed by atoms with E-state index in [1.807, 2.05) is 0 Å². The van der Waals surface area contributed by atoms with Crippen molar-refractivity contribution in [3.63, 3.8) is 0 Å². The number of esters is 1. The summed E-state index contributed by atoms with van der Waals surface area (Å²) >= 11 is 0. The van der Waals surface area contributed by atoms with E-state index in [2.05, 4.69) is 5.32 Å². The molecule has 0 radical (unpaired) electrons. The minimum atomic E-state index is -4.51. The molecule has 0 unspecified atom stereocenters. The van der Waals surface area contributed by atoms with Crippen molar-refractivity contribution in [3.8, 4) is 0 Å². The maximum absolute atomic E-state index is 13.0. The Labute approximate surface area is 201 Å². The van der Waals surface area contributed by atoms with Gasteiger partial charge in [0.1, 0.15) is 6.61 Å². The Kier molecular flexibility index (Phi) is 8.18. The van der Waals surface area contributed by atoms with Crippen LogP contribution in [0.5, 0.6) is 0 Å². The molecule has 8 nitrogen and oxygen atoms in total. The van der Waals surface area contributed by atoms with Gasteiger partial charge in [0.05, 0.1) is 34.8 Å². The first-order valence-electron chi connectivity index (χ1n) is 10.8. The highest BCUT2D eigenvalue weighted by molar-refractivity contribution is 7.89. The standard InChI is InChI=1S/C23H25F3N2O6S/c1-15-13-28(14-16(2)34-15)35(31,32)20-5-3-4-18(12-20)21(29)27-10-11-33-22(30)17-6-8-19(9-7-17)23(24,25)26/h3-9,12,15-16H,10-11,13-14H2,1-2H3,(H,27,29)/t15-,16-/m1/s1. The van der Waals surface area contributed by atoms with E-state index in [-0.39, 0.29) is 54.5 Å². The van der Waals surface area contributed by atoms with E-state index in [9.17, 15) is 31.2 Å². The zero-order valence-corrected chi connectivity index (χ0v) is 19.9. The number of rotatable bonds is 7. The van der Waals surface area contributed by atoms with E-state index in [1.165, 1.54) is 28.6 Å². The van der Waals surface area contributed by atoms with Gasteiger partial charge in [-0.25, -0.2) is 13.2 Å². The van der Waals surface area contributed by atoms with Crippen molar-refractivity contribution < 1.29 is 40.7 Å². The zero-order valence-electron chi connectivity index (χ0n) is 19.0. The highest BCUT2D eigenvalue weighted by Gasteiger charge is 2.32. The lowest BCUT2D eigenvalue weighted by molar-refractivity contribution is -0.137. The Bertz CT molecular complexity index is 1160. The SMILES string of the molecule is C[C@@H]1CN(S(=O)(=O)c2cccc(C(=O)NCCOC(=O)c3ccc(C(F)(F)F)cc3)c2)C[C@@H](C)O1. The number of sulfonamides is 1. The third-order valence-corrected chi connectivity index (χ3v) is 7.02. The molecule has 3 rings (SSSR count). The molecule has 2 atom stereocenters. The molecule has 1 heterocycles. The largest absolute Gasteiger partial charge is 0.460 e. The van der Waals surface area contributed by atoms with Crippen molar-refractivity contribution in [3.05, 3.63) is 65.2 Å². The van der Waals surface area contributed by atoms with Crippen molar-refractivity contribution in [2.24, 2.45) is 0 Å². The van der Waals surface area contributed by atoms with Crippen LogP contribution < -0.4 is 5.32 Å². The molecule has 0 bridgehead atoms. The monoisotopic (exact) mass is 514 g/mol. The Morgan fingerprint density at radius 3 is 2.29 bits per heavy atom. The van der Waals surface area contributed by atoms with Crippen LogP contribution >= 0.6 is 0 Å². The van der Waals surface area contributed by atoms with Gasteiger partial charge in [-0.3, -0.25) is 4.79 Å². The van der Waals surface area contributed by atoms with Gasteiger partial charge < -0.3 is 14.8 Å². The average Bonchev–Trinajstić information content (AvgIpc) is 2.80. The first kappa shape index (κ1) is 26.6. The van der Waals surface area contributed by atoms with E-state index >= 15 is 0 Å². The van der Waals surface area contributed by atoms with Crippen LogP contribution in [0.25, 0.3) is 0 Å². The highest BCUT2D eigenvalue weighted by Crippen LogP contribution is 2.29. The van der Waals surface area contributed by atoms with Gasteiger partial charge in [0.2, 0.25) is 10.0 Å². The smallest absolute Gasteiger partial charge is 0.416 e. The topological polar surface area (TPSA) is 102 Å². The van der Waals surface area contributed by atoms with Gasteiger partial charge in [-0.15, -0.1) is 0 Å². The molecular formula is C23H25F3N2O6S. The van der Waals surface area contributed by atoms with Crippen molar-refractivity contribution in [2.45, 2.75) is 37.1 Å². The summed E-state index contributed by atoms with van der Waals surface area (Å²) in [7, 11) is -3.83. The summed E-state index contributed by atoms with van der Waals surface area (Å²) in [4.78, 5) is 24.4. The second kappa shape index (κ2) is 10.8. The minimum Gasteiger partial charge on any atom is -0.460 e. The molecule has 0 aromatic heterocycles. The fourth-order valence-corrected chi connectivity index (χ4v) is 5.20. The van der Waals surface area contributed by atoms with Crippen LogP contribution in [0, 0.1) is 0 Å². The molecule has 190 valence electrons. The summed E-state index contributed by atoms with van der Waals surface area (Å²) in [6.45, 7) is 3.66. The van der Waals surface area contributed by atoms with Crippen LogP contribution in [0.1, 0.15) is 40.1 Å². The van der Waals surface area contributed by atoms with E-state index in [1.54, 1.807) is 13.8 Å². The van der Waals surface area contributed by atoms with Gasteiger partial charge in [0.25, 0.3) is 5.91 Å². The third kappa shape index (κ3) is 6.80. The first-order valence-corrected chi connectivity index (χ1v) is 12.2. The van der Waals surface area contributed by atoms with E-state index in [0.717, 1.165) is 24.3 Å². The number of nitrogens with one attached hydrogen (secondary N) is 1. The lowest BCUT2D eigenvalue weighted by Gasteiger charge is -2.34. The minimum absolute atomic E-state index is 0.0276. The maximum Gasteiger partial charge on any atom is 0.416 e. The van der Waals surface area contributed by atoms with E-state index in [4.69, 9.17) is 9.47 Å². The number of amides is 1. The molecule has 1 N–H and O–H groups in total. The average molecular weight is 515 g/mol. The van der Waals surface area contributed by atoms with Crippen LogP contribution in [0.4, 0.5) is 13.2 Å². The number of morpholine rings is 1. The highest BCUT2D eigenvalue weighted by atomic mass is 32.2. The quantitative estimate of drug-likeness (QED) is 0.450. The Morgan fingerprint density at radius 2 is 1.69 bits per heavy atom. The predicted molar refractivity (Wildman–Crippen MR) is 119 cm³/mol. The molecular weight excluding hydrogens is 489 g/mol. The summed E-state index contributed by atoms with van der Waals surface area (Å²) in [6, 6.07) is 9.14. The van der Waals surface area contributed by atoms with Gasteiger partial charge in [-0.1, -0.05) is 6.07 Å². The number of benzene rings is 2. The van der Waals surface area contributed by atoms with Crippen molar-refractivity contribution in [2.75, 3.05) is 26.2 Å². The summed E-state index contributed by atoms with van der Waals surface area (Å²) in [6.07, 6.45) is -5.03. The number of carbonyl (C=O) groups excluding carboxylic acids is 2. The molecule has 1 saturated heterocycles. The molecule has 2 aromatic carbocycles. The van der Waals surface area contributed by atoms with Gasteiger partial charge in [0.15, 0.2) is 0 Å². The molecule has 2 aromatic rings. The number of hydrogen-bond acceptors (Lipinski definition) is 6. The number of ether oxygens (including phenoxy) is 2. The molecule has 12 heteroatoms. The molecule has 0 saturated carbocycles. The zero-order chi connectivity index (χ0) is 25.8. The number of nitrogens with zero attached hydrogens (tertiary/aromatic N) is 1. The number of carbonyl (C=O) groups is 2. The lowest BCUT2D eigenvalue weighted by Crippen LogP contribution is -2.48. The molecule has 1 amide bonds. The number of halogens is 3. The van der Waals surface area contributed by atoms with Gasteiger partial charge in [0, 0.05) is 18.7 Å². The molecule has 1 aliphatic rings. The van der Waals surface area contributed by atoms with E-state index < -0.39 is 33.6 Å². The third-order valence-electron chi connectivity index (χ3n) is 5.19. The summed E-state index contributed by atoms with van der Waals surface area (Å²) in [5.41, 5.74) is -0.841. The van der Waals surface area contributed by atoms with Crippen LogP contribution in [-0.2, 0) is 25.7 Å². The first-order chi connectivity index (χ1) is 16.4. The Morgan fingerprint density at radius 1 is 1.06 bits per heavy atom. The summed E-state index contributed by atoms with van der Waals surface area (Å²) < 4.78 is 75.7. The second-order valence-electron chi connectivity index (χ2n) is 8.07. The molecule has 35 heavy (non-hydrogen) atoms. The van der Waals surface area contributed by atoms with Crippen LogP contribution in [0.3, 0.4) is 0 Å². The van der Waals surface area contributed by atoms with E-state index in [0.29, 0.717) is 0 Å². The number of alkyl halides is 3. The molecule has 1 fully saturated rings. The lowest BCUT2D eigenvalue weighted by atomic mass is 10.1.